The zero-order valence-corrected chi connectivity index (χ0v) is 12.0. The first-order valence-electron chi connectivity index (χ1n) is 6.04. The van der Waals surface area contributed by atoms with Crippen molar-refractivity contribution in [2.24, 2.45) is 0 Å². The molecule has 0 aliphatic heterocycles. The van der Waals surface area contributed by atoms with Gasteiger partial charge in [-0.05, 0) is 41.5 Å². The Balaban J connectivity index is 3.44. The van der Waals surface area contributed by atoms with E-state index in [9.17, 15) is 4.79 Å². The molecule has 0 aromatic heterocycles. The highest BCUT2D eigenvalue weighted by Crippen LogP contribution is 2.08. The van der Waals surface area contributed by atoms with Crippen molar-refractivity contribution in [2.45, 2.75) is 59.2 Å². The van der Waals surface area contributed by atoms with E-state index in [1.807, 2.05) is 41.5 Å². The average Bonchev–Trinajstić information content (AvgIpc) is 2.06. The Morgan fingerprint density at radius 2 is 1.47 bits per heavy atom. The number of carbonyl (C=O) groups is 1. The molecular formula is C13H26O4. The Morgan fingerprint density at radius 3 is 1.94 bits per heavy atom. The lowest BCUT2D eigenvalue weighted by Gasteiger charge is -2.20. The molecule has 0 radical (unpaired) electrons. The van der Waals surface area contributed by atoms with Gasteiger partial charge in [0.25, 0.3) is 0 Å². The van der Waals surface area contributed by atoms with Gasteiger partial charge in [0.05, 0.1) is 31.8 Å². The molecule has 102 valence electrons. The average molecular weight is 246 g/mol. The summed E-state index contributed by atoms with van der Waals surface area (Å²) in [4.78, 5) is 11.3. The summed E-state index contributed by atoms with van der Waals surface area (Å²) in [5.74, 6) is -0.228. The number of ether oxygens (including phenoxy) is 3. The molecule has 0 aromatic rings. The molecule has 0 unspecified atom stereocenters. The minimum atomic E-state index is -0.424. The highest BCUT2D eigenvalue weighted by Gasteiger charge is 2.15. The van der Waals surface area contributed by atoms with Crippen molar-refractivity contribution < 1.29 is 19.0 Å². The summed E-state index contributed by atoms with van der Waals surface area (Å²) in [6, 6.07) is 0. The van der Waals surface area contributed by atoms with Crippen molar-refractivity contribution in [1.29, 1.82) is 0 Å². The maximum atomic E-state index is 11.3. The zero-order valence-electron chi connectivity index (χ0n) is 12.0. The Kier molecular flexibility index (Phi) is 6.72. The molecule has 0 bridgehead atoms. The maximum Gasteiger partial charge on any atom is 0.308 e. The molecule has 4 heteroatoms. The van der Waals surface area contributed by atoms with Crippen LogP contribution in [0.3, 0.4) is 0 Å². The number of hydrogen-bond acceptors (Lipinski definition) is 4. The lowest BCUT2D eigenvalue weighted by atomic mass is 10.2. The smallest absolute Gasteiger partial charge is 0.308 e. The molecular weight excluding hydrogens is 220 g/mol. The monoisotopic (exact) mass is 246 g/mol. The maximum absolute atomic E-state index is 11.3. The van der Waals surface area contributed by atoms with Gasteiger partial charge in [0.2, 0.25) is 0 Å². The van der Waals surface area contributed by atoms with E-state index >= 15 is 0 Å². The lowest BCUT2D eigenvalue weighted by molar-refractivity contribution is -0.156. The summed E-state index contributed by atoms with van der Waals surface area (Å²) >= 11 is 0. The zero-order chi connectivity index (χ0) is 13.5. The van der Waals surface area contributed by atoms with Crippen LogP contribution in [-0.2, 0) is 19.0 Å². The van der Waals surface area contributed by atoms with E-state index in [4.69, 9.17) is 14.2 Å². The lowest BCUT2D eigenvalue weighted by Crippen LogP contribution is -2.25. The van der Waals surface area contributed by atoms with Crippen molar-refractivity contribution in [3.8, 4) is 0 Å². The summed E-state index contributed by atoms with van der Waals surface area (Å²) in [6.07, 6.45) is 0.285. The fourth-order valence-electron chi connectivity index (χ4n) is 1.06. The fraction of sp³-hybridized carbons (Fsp3) is 0.923. The van der Waals surface area contributed by atoms with Crippen LogP contribution in [0.5, 0.6) is 0 Å². The van der Waals surface area contributed by atoms with Crippen LogP contribution in [0.15, 0.2) is 0 Å². The normalized spacial score (nSPS) is 12.6. The van der Waals surface area contributed by atoms with E-state index in [1.54, 1.807) is 0 Å². The number of rotatable bonds is 6. The molecule has 0 aromatic carbocycles. The minimum Gasteiger partial charge on any atom is -0.460 e. The molecule has 0 spiro atoms. The van der Waals surface area contributed by atoms with Gasteiger partial charge in [-0.1, -0.05) is 0 Å². The Hall–Kier alpha value is -0.610. The molecule has 0 aliphatic rings. The second kappa shape index (κ2) is 6.97. The van der Waals surface area contributed by atoms with Crippen LogP contribution in [0.1, 0.15) is 48.0 Å². The molecule has 0 amide bonds. The summed E-state index contributed by atoms with van der Waals surface area (Å²) in [6.45, 7) is 12.9. The highest BCUT2D eigenvalue weighted by molar-refractivity contribution is 5.69. The van der Waals surface area contributed by atoms with Crippen LogP contribution >= 0.6 is 0 Å². The van der Waals surface area contributed by atoms with Crippen molar-refractivity contribution in [2.75, 3.05) is 19.8 Å². The van der Waals surface area contributed by atoms with Gasteiger partial charge in [0.1, 0.15) is 5.60 Å². The largest absolute Gasteiger partial charge is 0.460 e. The van der Waals surface area contributed by atoms with Crippen molar-refractivity contribution in [1.82, 2.24) is 0 Å². The van der Waals surface area contributed by atoms with Crippen LogP contribution in [0.4, 0.5) is 0 Å². The predicted molar refractivity (Wildman–Crippen MR) is 67.0 cm³/mol. The number of carbonyl (C=O) groups excluding carboxylic acids is 1. The van der Waals surface area contributed by atoms with Gasteiger partial charge in [0, 0.05) is 0 Å². The summed E-state index contributed by atoms with van der Waals surface area (Å²) < 4.78 is 15.9. The third-order valence-corrected chi connectivity index (χ3v) is 1.63. The predicted octanol–water partition coefficient (Wildman–Crippen LogP) is 2.55. The standard InChI is InChI=1S/C13H26O4/c1-12(2,3)16-10-9-15-8-7-11(14)17-13(4,5)6/h7-10H2,1-6H3. The van der Waals surface area contributed by atoms with Crippen molar-refractivity contribution in [3.63, 3.8) is 0 Å². The van der Waals surface area contributed by atoms with E-state index in [0.717, 1.165) is 0 Å². The highest BCUT2D eigenvalue weighted by atomic mass is 16.6. The minimum absolute atomic E-state index is 0.144. The second-order valence-electron chi connectivity index (χ2n) is 5.91. The molecule has 0 atom stereocenters. The van der Waals surface area contributed by atoms with E-state index in [-0.39, 0.29) is 18.0 Å². The van der Waals surface area contributed by atoms with Gasteiger partial charge in [-0.25, -0.2) is 0 Å². The van der Waals surface area contributed by atoms with Crippen LogP contribution in [0, 0.1) is 0 Å². The molecule has 0 saturated carbocycles. The molecule has 0 rings (SSSR count). The van der Waals surface area contributed by atoms with Gasteiger partial charge in [-0.2, -0.15) is 0 Å². The summed E-state index contributed by atoms with van der Waals surface area (Å²) in [5.41, 5.74) is -0.568. The van der Waals surface area contributed by atoms with Gasteiger partial charge >= 0.3 is 5.97 Å². The van der Waals surface area contributed by atoms with E-state index in [1.165, 1.54) is 0 Å². The van der Waals surface area contributed by atoms with Gasteiger partial charge < -0.3 is 14.2 Å². The second-order valence-corrected chi connectivity index (χ2v) is 5.91. The Labute approximate surface area is 105 Å². The van der Waals surface area contributed by atoms with Crippen LogP contribution in [-0.4, -0.2) is 37.0 Å². The topological polar surface area (TPSA) is 44.8 Å². The number of hydrogen-bond donors (Lipinski definition) is 0. The third-order valence-electron chi connectivity index (χ3n) is 1.63. The first-order chi connectivity index (χ1) is 7.60. The Bertz CT molecular complexity index is 223. The van der Waals surface area contributed by atoms with Gasteiger partial charge in [-0.3, -0.25) is 4.79 Å². The third kappa shape index (κ3) is 13.3. The molecule has 0 saturated heterocycles. The SMILES string of the molecule is CC(C)(C)OCCOCCC(=O)OC(C)(C)C. The van der Waals surface area contributed by atoms with E-state index in [0.29, 0.717) is 19.8 Å². The Morgan fingerprint density at radius 1 is 0.882 bits per heavy atom. The summed E-state index contributed by atoms with van der Waals surface area (Å²) in [7, 11) is 0. The van der Waals surface area contributed by atoms with Crippen molar-refractivity contribution in [3.05, 3.63) is 0 Å². The molecule has 4 nitrogen and oxygen atoms in total. The van der Waals surface area contributed by atoms with Gasteiger partial charge in [-0.15, -0.1) is 0 Å². The van der Waals surface area contributed by atoms with Crippen LogP contribution < -0.4 is 0 Å². The fourth-order valence-corrected chi connectivity index (χ4v) is 1.06. The van der Waals surface area contributed by atoms with Gasteiger partial charge in [0.15, 0.2) is 0 Å². The molecule has 0 heterocycles. The molecule has 0 N–H and O–H groups in total. The molecule has 0 aliphatic carbocycles. The summed E-state index contributed by atoms with van der Waals surface area (Å²) in [5, 5.41) is 0. The van der Waals surface area contributed by atoms with E-state index in [2.05, 4.69) is 0 Å². The van der Waals surface area contributed by atoms with Crippen LogP contribution in [0.2, 0.25) is 0 Å². The van der Waals surface area contributed by atoms with Crippen molar-refractivity contribution >= 4 is 5.97 Å². The van der Waals surface area contributed by atoms with E-state index < -0.39 is 5.60 Å². The number of esters is 1. The quantitative estimate of drug-likeness (QED) is 0.533. The first-order valence-corrected chi connectivity index (χ1v) is 6.04. The molecule has 17 heavy (non-hydrogen) atoms. The molecule has 0 fully saturated rings. The van der Waals surface area contributed by atoms with Crippen LogP contribution in [0.25, 0.3) is 0 Å². The first kappa shape index (κ1) is 16.4.